The lowest BCUT2D eigenvalue weighted by Crippen LogP contribution is -2.27. The number of hydrogen-bond acceptors (Lipinski definition) is 2. The van der Waals surface area contributed by atoms with E-state index in [2.05, 4.69) is 24.4 Å². The summed E-state index contributed by atoms with van der Waals surface area (Å²) in [6, 6.07) is 4.51. The van der Waals surface area contributed by atoms with Crippen molar-refractivity contribution >= 4 is 14.0 Å². The molecule has 0 fully saturated rings. The van der Waals surface area contributed by atoms with Crippen LogP contribution in [0.15, 0.2) is 36.4 Å². The van der Waals surface area contributed by atoms with Crippen LogP contribution in [-0.2, 0) is 15.7 Å². The number of benzene rings is 1. The Labute approximate surface area is 148 Å². The third-order valence-corrected chi connectivity index (χ3v) is 4.77. The summed E-state index contributed by atoms with van der Waals surface area (Å²) in [7, 11) is -1.43. The second kappa shape index (κ2) is 8.28. The van der Waals surface area contributed by atoms with Crippen molar-refractivity contribution in [3.8, 4) is 0 Å². The summed E-state index contributed by atoms with van der Waals surface area (Å²) in [4.78, 5) is 11.1. The normalized spacial score (nSPS) is 14.5. The highest BCUT2D eigenvalue weighted by Crippen LogP contribution is 2.33. The monoisotopic (exact) mass is 398 g/mol. The molecule has 0 N–H and O–H groups in total. The van der Waals surface area contributed by atoms with E-state index in [9.17, 15) is 31.1 Å². The van der Waals surface area contributed by atoms with Gasteiger partial charge in [0.05, 0.1) is 5.56 Å². The van der Waals surface area contributed by atoms with E-state index in [0.29, 0.717) is 6.07 Å². The zero-order chi connectivity index (χ0) is 20.2. The molecule has 0 spiro atoms. The zero-order valence-electron chi connectivity index (χ0n) is 14.5. The highest BCUT2D eigenvalue weighted by Gasteiger charge is 2.42. The van der Waals surface area contributed by atoms with Crippen LogP contribution in [0.1, 0.15) is 23.7 Å². The fraction of sp³-hybridized carbons (Fsp3) is 0.471. The number of alkyl halides is 6. The van der Waals surface area contributed by atoms with Crippen LogP contribution in [0.4, 0.5) is 26.3 Å². The summed E-state index contributed by atoms with van der Waals surface area (Å²) < 4.78 is 80.3. The van der Waals surface area contributed by atoms with E-state index >= 15 is 0 Å². The first-order valence-electron chi connectivity index (χ1n) is 7.80. The van der Waals surface area contributed by atoms with Crippen LogP contribution in [0.3, 0.4) is 0 Å². The average molecular weight is 398 g/mol. The first kappa shape index (κ1) is 22.3. The third kappa shape index (κ3) is 7.63. The van der Waals surface area contributed by atoms with Gasteiger partial charge in [0.2, 0.25) is 0 Å². The van der Waals surface area contributed by atoms with Crippen molar-refractivity contribution in [3.63, 3.8) is 0 Å². The SMILES string of the molecule is C[Si](C)(C)C/C=C\CC(OC(=O)C(F)(F)F)c1cccc(C(F)(F)F)c1. The highest BCUT2D eigenvalue weighted by molar-refractivity contribution is 6.76. The quantitative estimate of drug-likeness (QED) is 0.249. The topological polar surface area (TPSA) is 26.3 Å². The van der Waals surface area contributed by atoms with Crippen LogP contribution in [0, 0.1) is 0 Å². The molecule has 2 nitrogen and oxygen atoms in total. The lowest BCUT2D eigenvalue weighted by Gasteiger charge is -2.19. The van der Waals surface area contributed by atoms with E-state index in [-0.39, 0.29) is 12.0 Å². The van der Waals surface area contributed by atoms with Crippen molar-refractivity contribution in [2.75, 3.05) is 0 Å². The van der Waals surface area contributed by atoms with Crippen LogP contribution >= 0.6 is 0 Å². The standard InChI is InChI=1S/C17H20F6O2Si/c1-26(2,3)10-5-4-9-14(25-15(24)17(21,22)23)12-7-6-8-13(11-12)16(18,19)20/h4-8,11,14H,9-10H2,1-3H3/b5-4-. The zero-order valence-corrected chi connectivity index (χ0v) is 15.5. The van der Waals surface area contributed by atoms with E-state index in [1.54, 1.807) is 6.08 Å². The maximum Gasteiger partial charge on any atom is 0.490 e. The molecule has 1 aromatic rings. The second-order valence-electron chi connectivity index (χ2n) is 6.99. The number of hydrogen-bond donors (Lipinski definition) is 0. The van der Waals surface area contributed by atoms with Gasteiger partial charge in [0.25, 0.3) is 0 Å². The predicted molar refractivity (Wildman–Crippen MR) is 88.2 cm³/mol. The Morgan fingerprint density at radius 3 is 2.23 bits per heavy atom. The fourth-order valence-corrected chi connectivity index (χ4v) is 2.89. The van der Waals surface area contributed by atoms with Crippen LogP contribution in [0.25, 0.3) is 0 Å². The highest BCUT2D eigenvalue weighted by atomic mass is 28.3. The van der Waals surface area contributed by atoms with Crippen LogP contribution in [0.5, 0.6) is 0 Å². The second-order valence-corrected chi connectivity index (χ2v) is 12.5. The molecule has 0 radical (unpaired) electrons. The average Bonchev–Trinajstić information content (AvgIpc) is 2.47. The maximum absolute atomic E-state index is 12.8. The minimum absolute atomic E-state index is 0.143. The smallest absolute Gasteiger partial charge is 0.451 e. The van der Waals surface area contributed by atoms with Gasteiger partial charge in [-0.25, -0.2) is 4.79 Å². The minimum Gasteiger partial charge on any atom is -0.451 e. The number of allylic oxidation sites excluding steroid dienone is 1. The molecule has 0 aromatic heterocycles. The minimum atomic E-state index is -5.22. The largest absolute Gasteiger partial charge is 0.490 e. The van der Waals surface area contributed by atoms with Gasteiger partial charge in [-0.2, -0.15) is 26.3 Å². The third-order valence-electron chi connectivity index (χ3n) is 3.31. The summed E-state index contributed by atoms with van der Waals surface area (Å²) in [5.74, 6) is -2.43. The Morgan fingerprint density at radius 2 is 1.73 bits per heavy atom. The molecule has 146 valence electrons. The van der Waals surface area contributed by atoms with E-state index in [1.165, 1.54) is 12.1 Å². The first-order chi connectivity index (χ1) is 11.7. The molecule has 0 amide bonds. The molecule has 0 aliphatic heterocycles. The number of carbonyl (C=O) groups is 1. The lowest BCUT2D eigenvalue weighted by molar-refractivity contribution is -0.205. The molecular formula is C17H20F6O2Si. The molecule has 0 saturated carbocycles. The fourth-order valence-electron chi connectivity index (χ4n) is 2.02. The summed E-state index contributed by atoms with van der Waals surface area (Å²) in [6.45, 7) is 6.27. The van der Waals surface area contributed by atoms with Crippen molar-refractivity contribution in [2.24, 2.45) is 0 Å². The Kier molecular flexibility index (Phi) is 7.09. The van der Waals surface area contributed by atoms with Crippen LogP contribution in [0.2, 0.25) is 25.7 Å². The molecule has 0 aliphatic rings. The number of rotatable bonds is 6. The Bertz CT molecular complexity index is 644. The van der Waals surface area contributed by atoms with Crippen molar-refractivity contribution in [3.05, 3.63) is 47.5 Å². The van der Waals surface area contributed by atoms with Gasteiger partial charge in [-0.15, -0.1) is 0 Å². The molecule has 1 atom stereocenters. The molecular weight excluding hydrogens is 378 g/mol. The van der Waals surface area contributed by atoms with Gasteiger partial charge in [0, 0.05) is 14.5 Å². The molecule has 0 heterocycles. The van der Waals surface area contributed by atoms with Crippen molar-refractivity contribution in [1.82, 2.24) is 0 Å². The Morgan fingerprint density at radius 1 is 1.12 bits per heavy atom. The van der Waals surface area contributed by atoms with Crippen molar-refractivity contribution < 1.29 is 35.9 Å². The predicted octanol–water partition coefficient (Wildman–Crippen LogP) is 6.14. The number of halogens is 6. The van der Waals surface area contributed by atoms with Crippen LogP contribution < -0.4 is 0 Å². The van der Waals surface area contributed by atoms with E-state index in [4.69, 9.17) is 0 Å². The van der Waals surface area contributed by atoms with Crippen molar-refractivity contribution in [1.29, 1.82) is 0 Å². The molecule has 1 aromatic carbocycles. The lowest BCUT2D eigenvalue weighted by atomic mass is 10.0. The van der Waals surface area contributed by atoms with Gasteiger partial charge in [-0.05, 0) is 23.7 Å². The molecule has 26 heavy (non-hydrogen) atoms. The van der Waals surface area contributed by atoms with E-state index in [0.717, 1.165) is 18.2 Å². The summed E-state index contributed by atoms with van der Waals surface area (Å²) >= 11 is 0. The first-order valence-corrected chi connectivity index (χ1v) is 11.5. The number of ether oxygens (including phenoxy) is 1. The molecule has 0 bridgehead atoms. The molecule has 0 aliphatic carbocycles. The molecule has 1 rings (SSSR count). The van der Waals surface area contributed by atoms with Gasteiger partial charge in [0.1, 0.15) is 6.10 Å². The van der Waals surface area contributed by atoms with Crippen molar-refractivity contribution in [2.45, 2.75) is 50.6 Å². The number of carbonyl (C=O) groups excluding carboxylic acids is 1. The molecule has 1 unspecified atom stereocenters. The summed E-state index contributed by atoms with van der Waals surface area (Å²) in [5.41, 5.74) is -1.16. The van der Waals surface area contributed by atoms with Gasteiger partial charge in [-0.3, -0.25) is 0 Å². The van der Waals surface area contributed by atoms with E-state index in [1.807, 2.05) is 0 Å². The van der Waals surface area contributed by atoms with E-state index < -0.39 is 38.1 Å². The van der Waals surface area contributed by atoms with Crippen LogP contribution in [-0.4, -0.2) is 20.2 Å². The molecule has 9 heteroatoms. The van der Waals surface area contributed by atoms with Gasteiger partial charge < -0.3 is 4.74 Å². The van der Waals surface area contributed by atoms with Gasteiger partial charge in [0.15, 0.2) is 0 Å². The van der Waals surface area contributed by atoms with Gasteiger partial charge in [-0.1, -0.05) is 43.9 Å². The van der Waals surface area contributed by atoms with Gasteiger partial charge >= 0.3 is 18.3 Å². The number of esters is 1. The summed E-state index contributed by atoms with van der Waals surface area (Å²) in [5, 5.41) is 0. The maximum atomic E-state index is 12.8. The molecule has 0 saturated heterocycles. The Balaban J connectivity index is 3.06. The summed E-state index contributed by atoms with van der Waals surface area (Å²) in [6.07, 6.45) is -8.18. The Hall–Kier alpha value is -1.77.